The molecular formula is C35H52F2O4. The first-order chi connectivity index (χ1) is 19.9. The van der Waals surface area contributed by atoms with Gasteiger partial charge >= 0.3 is 5.97 Å². The van der Waals surface area contributed by atoms with Crippen LogP contribution in [0.5, 0.6) is 11.5 Å². The Morgan fingerprint density at radius 3 is 1.93 bits per heavy atom. The Morgan fingerprint density at radius 2 is 1.27 bits per heavy atom. The van der Waals surface area contributed by atoms with Crippen molar-refractivity contribution < 1.29 is 27.8 Å². The molecule has 0 N–H and O–H groups in total. The van der Waals surface area contributed by atoms with Crippen molar-refractivity contribution >= 4 is 5.97 Å². The normalized spacial score (nSPS) is 34.0. The maximum absolute atomic E-state index is 14.4. The van der Waals surface area contributed by atoms with Gasteiger partial charge in [-0.3, -0.25) is 4.79 Å². The van der Waals surface area contributed by atoms with Crippen LogP contribution in [0.15, 0.2) is 12.1 Å². The molecule has 4 aliphatic carbocycles. The zero-order chi connectivity index (χ0) is 28.8. The first kappa shape index (κ1) is 30.6. The Labute approximate surface area is 246 Å². The van der Waals surface area contributed by atoms with Crippen LogP contribution in [0, 0.1) is 53.1 Å². The molecule has 0 amide bonds. The fourth-order valence-corrected chi connectivity index (χ4v) is 8.70. The van der Waals surface area contributed by atoms with Gasteiger partial charge in [-0.2, -0.15) is 8.78 Å². The van der Waals surface area contributed by atoms with Crippen LogP contribution < -0.4 is 9.47 Å². The van der Waals surface area contributed by atoms with Crippen LogP contribution >= 0.6 is 0 Å². The molecule has 0 radical (unpaired) electrons. The number of fused-ring (bicyclic) bond motifs is 1. The third kappa shape index (κ3) is 7.76. The Kier molecular flexibility index (Phi) is 10.9. The van der Waals surface area contributed by atoms with E-state index in [9.17, 15) is 13.6 Å². The number of esters is 1. The second-order valence-electron chi connectivity index (χ2n) is 13.7. The summed E-state index contributed by atoms with van der Waals surface area (Å²) in [5.74, 6) is 2.49. The van der Waals surface area contributed by atoms with E-state index in [1.54, 1.807) is 6.92 Å². The molecule has 5 rings (SSSR count). The molecule has 4 saturated carbocycles. The summed E-state index contributed by atoms with van der Waals surface area (Å²) < 4.78 is 45.5. The molecule has 0 spiro atoms. The Balaban J connectivity index is 1.01. The average molecular weight is 575 g/mol. The molecule has 6 heteroatoms. The first-order valence-corrected chi connectivity index (χ1v) is 16.9. The molecule has 4 nitrogen and oxygen atoms in total. The van der Waals surface area contributed by atoms with Crippen LogP contribution in [0.2, 0.25) is 0 Å². The van der Waals surface area contributed by atoms with Gasteiger partial charge in [0.2, 0.25) is 11.6 Å². The van der Waals surface area contributed by atoms with E-state index < -0.39 is 11.6 Å². The lowest BCUT2D eigenvalue weighted by atomic mass is 9.62. The van der Waals surface area contributed by atoms with Crippen molar-refractivity contribution in [2.75, 3.05) is 13.2 Å². The Morgan fingerprint density at radius 1 is 0.707 bits per heavy atom. The van der Waals surface area contributed by atoms with Gasteiger partial charge in [-0.25, -0.2) is 0 Å². The molecule has 1 aromatic carbocycles. The maximum Gasteiger partial charge on any atom is 0.309 e. The molecule has 41 heavy (non-hydrogen) atoms. The number of ether oxygens (including phenoxy) is 3. The molecule has 0 bridgehead atoms. The third-order valence-electron chi connectivity index (χ3n) is 11.1. The van der Waals surface area contributed by atoms with Crippen LogP contribution in [0.25, 0.3) is 0 Å². The van der Waals surface area contributed by atoms with E-state index in [1.807, 2.05) is 0 Å². The molecule has 0 aromatic heterocycles. The van der Waals surface area contributed by atoms with Gasteiger partial charge in [0.05, 0.1) is 19.1 Å². The third-order valence-corrected chi connectivity index (χ3v) is 11.1. The molecule has 230 valence electrons. The monoisotopic (exact) mass is 574 g/mol. The molecule has 0 heterocycles. The minimum absolute atomic E-state index is 0.0213. The van der Waals surface area contributed by atoms with E-state index >= 15 is 0 Å². The summed E-state index contributed by atoms with van der Waals surface area (Å²) in [4.78, 5) is 12.9. The van der Waals surface area contributed by atoms with Crippen molar-refractivity contribution in [3.63, 3.8) is 0 Å². The smallest absolute Gasteiger partial charge is 0.309 e. The predicted molar refractivity (Wildman–Crippen MR) is 157 cm³/mol. The van der Waals surface area contributed by atoms with E-state index in [4.69, 9.17) is 14.2 Å². The van der Waals surface area contributed by atoms with Crippen LogP contribution in [-0.4, -0.2) is 25.3 Å². The average Bonchev–Trinajstić information content (AvgIpc) is 3.00. The van der Waals surface area contributed by atoms with Crippen LogP contribution in [0.1, 0.15) is 117 Å². The second-order valence-corrected chi connectivity index (χ2v) is 13.7. The van der Waals surface area contributed by atoms with Crippen molar-refractivity contribution in [2.45, 2.75) is 123 Å². The SMILES string of the molecule is CCCC1CCC(C(=O)OC2CCC3CC(C4CCC(COc5ccc(OCC)c(F)c5F)CC4)CCC3C2)CC1. The molecule has 0 saturated heterocycles. The zero-order valence-electron chi connectivity index (χ0n) is 25.4. The fraction of sp³-hybridized carbons (Fsp3) is 0.800. The van der Waals surface area contributed by atoms with Crippen molar-refractivity contribution in [1.82, 2.24) is 0 Å². The zero-order valence-corrected chi connectivity index (χ0v) is 25.4. The highest BCUT2D eigenvalue weighted by Gasteiger charge is 2.40. The quantitative estimate of drug-likeness (QED) is 0.261. The summed E-state index contributed by atoms with van der Waals surface area (Å²) in [5, 5.41) is 0. The number of carbonyl (C=O) groups excluding carboxylic acids is 1. The molecular weight excluding hydrogens is 522 g/mol. The molecule has 4 aliphatic rings. The van der Waals surface area contributed by atoms with Gasteiger partial charge in [0.1, 0.15) is 6.10 Å². The number of rotatable bonds is 10. The van der Waals surface area contributed by atoms with Gasteiger partial charge in [-0.15, -0.1) is 0 Å². The van der Waals surface area contributed by atoms with Crippen LogP contribution in [0.4, 0.5) is 8.78 Å². The van der Waals surface area contributed by atoms with Crippen molar-refractivity contribution in [3.05, 3.63) is 23.8 Å². The Bertz CT molecular complexity index is 983. The number of hydrogen-bond donors (Lipinski definition) is 0. The van der Waals surface area contributed by atoms with Gasteiger partial charge < -0.3 is 14.2 Å². The lowest BCUT2D eigenvalue weighted by Gasteiger charge is -2.45. The number of halogens is 2. The van der Waals surface area contributed by atoms with Crippen LogP contribution in [-0.2, 0) is 9.53 Å². The summed E-state index contributed by atoms with van der Waals surface area (Å²) in [7, 11) is 0. The van der Waals surface area contributed by atoms with Gasteiger partial charge in [-0.05, 0) is 144 Å². The topological polar surface area (TPSA) is 44.8 Å². The van der Waals surface area contributed by atoms with E-state index in [2.05, 4.69) is 6.92 Å². The molecule has 4 unspecified atom stereocenters. The molecule has 4 atom stereocenters. The lowest BCUT2D eigenvalue weighted by molar-refractivity contribution is -0.159. The summed E-state index contributed by atoms with van der Waals surface area (Å²) in [6.45, 7) is 4.73. The van der Waals surface area contributed by atoms with Gasteiger partial charge in [0.15, 0.2) is 11.5 Å². The van der Waals surface area contributed by atoms with Gasteiger partial charge in [0.25, 0.3) is 0 Å². The summed E-state index contributed by atoms with van der Waals surface area (Å²) >= 11 is 0. The highest BCUT2D eigenvalue weighted by atomic mass is 19.2. The first-order valence-electron chi connectivity index (χ1n) is 16.9. The Hall–Kier alpha value is -1.85. The predicted octanol–water partition coefficient (Wildman–Crippen LogP) is 9.28. The van der Waals surface area contributed by atoms with E-state index in [0.29, 0.717) is 18.4 Å². The minimum Gasteiger partial charge on any atom is -0.491 e. The summed E-state index contributed by atoms with van der Waals surface area (Å²) in [6, 6.07) is 2.92. The van der Waals surface area contributed by atoms with Crippen LogP contribution in [0.3, 0.4) is 0 Å². The second kappa shape index (κ2) is 14.6. The van der Waals surface area contributed by atoms with Crippen molar-refractivity contribution in [2.24, 2.45) is 41.4 Å². The van der Waals surface area contributed by atoms with Crippen molar-refractivity contribution in [1.29, 1.82) is 0 Å². The fourth-order valence-electron chi connectivity index (χ4n) is 8.70. The largest absolute Gasteiger partial charge is 0.491 e. The molecule has 1 aromatic rings. The lowest BCUT2D eigenvalue weighted by Crippen LogP contribution is -2.38. The van der Waals surface area contributed by atoms with Crippen molar-refractivity contribution in [3.8, 4) is 11.5 Å². The van der Waals surface area contributed by atoms with Gasteiger partial charge in [0, 0.05) is 0 Å². The molecule has 4 fully saturated rings. The number of benzene rings is 1. The summed E-state index contributed by atoms with van der Waals surface area (Å²) in [6.07, 6.45) is 18.9. The van der Waals surface area contributed by atoms with Gasteiger partial charge in [-0.1, -0.05) is 19.8 Å². The summed E-state index contributed by atoms with van der Waals surface area (Å²) in [5.41, 5.74) is 0. The van der Waals surface area contributed by atoms with E-state index in [-0.39, 0.29) is 36.1 Å². The number of carbonyl (C=O) groups is 1. The highest BCUT2D eigenvalue weighted by molar-refractivity contribution is 5.72. The molecule has 0 aliphatic heterocycles. The van der Waals surface area contributed by atoms with E-state index in [1.165, 1.54) is 76.3 Å². The van der Waals surface area contributed by atoms with E-state index in [0.717, 1.165) is 62.2 Å². The standard InChI is InChI=1S/C35H52F2O4/c1-3-5-23-6-12-26(13-7-23)35(38)41-30-17-16-28-20-27(14-15-29(28)21-30)25-10-8-24(9-11-25)22-40-32-19-18-31(39-4-2)33(36)34(32)37/h18-19,23-30H,3-17,20-22H2,1-2H3. The maximum atomic E-state index is 14.4. The highest BCUT2D eigenvalue weighted by Crippen LogP contribution is 2.48. The number of hydrogen-bond acceptors (Lipinski definition) is 4. The minimum atomic E-state index is -0.972.